The molecule has 0 unspecified atom stereocenters. The second-order valence-electron chi connectivity index (χ2n) is 4.96. The molecule has 1 saturated heterocycles. The number of anilines is 1. The average Bonchev–Trinajstić information content (AvgIpc) is 2.71. The van der Waals surface area contributed by atoms with Crippen LogP contribution in [0.1, 0.15) is 25.3 Å². The molecule has 0 atom stereocenters. The van der Waals surface area contributed by atoms with Crippen LogP contribution in [0, 0.1) is 0 Å². The first-order valence-corrected chi connectivity index (χ1v) is 6.45. The summed E-state index contributed by atoms with van der Waals surface area (Å²) in [6.07, 6.45) is 0. The SMILES string of the molecule is CC(C)c1ccc(NC(=O)CN2C(=O)CNC2=O)cc1. The molecule has 4 amide bonds. The Hall–Kier alpha value is -2.37. The monoisotopic (exact) mass is 275 g/mol. The Labute approximate surface area is 117 Å². The fraction of sp³-hybridized carbons (Fsp3) is 0.357. The zero-order valence-corrected chi connectivity index (χ0v) is 11.5. The number of rotatable bonds is 4. The first-order valence-electron chi connectivity index (χ1n) is 6.45. The highest BCUT2D eigenvalue weighted by atomic mass is 16.2. The lowest BCUT2D eigenvalue weighted by Crippen LogP contribution is -2.38. The van der Waals surface area contributed by atoms with Gasteiger partial charge in [-0.3, -0.25) is 14.5 Å². The summed E-state index contributed by atoms with van der Waals surface area (Å²) in [7, 11) is 0. The summed E-state index contributed by atoms with van der Waals surface area (Å²) in [5, 5.41) is 5.03. The van der Waals surface area contributed by atoms with Crippen LogP contribution >= 0.6 is 0 Å². The summed E-state index contributed by atoms with van der Waals surface area (Å²) in [4.78, 5) is 35.4. The molecule has 0 saturated carbocycles. The van der Waals surface area contributed by atoms with Crippen molar-refractivity contribution in [2.75, 3.05) is 18.4 Å². The van der Waals surface area contributed by atoms with Crippen LogP contribution in [-0.2, 0) is 9.59 Å². The second-order valence-corrected chi connectivity index (χ2v) is 4.96. The first-order chi connectivity index (χ1) is 9.47. The third-order valence-corrected chi connectivity index (χ3v) is 3.10. The van der Waals surface area contributed by atoms with Crippen LogP contribution < -0.4 is 10.6 Å². The summed E-state index contributed by atoms with van der Waals surface area (Å²) in [5.74, 6) is -0.362. The van der Waals surface area contributed by atoms with E-state index >= 15 is 0 Å². The van der Waals surface area contributed by atoms with Crippen molar-refractivity contribution in [3.8, 4) is 0 Å². The van der Waals surface area contributed by atoms with Gasteiger partial charge in [0.05, 0.1) is 6.54 Å². The van der Waals surface area contributed by atoms with Crippen molar-refractivity contribution in [3.05, 3.63) is 29.8 Å². The van der Waals surface area contributed by atoms with Gasteiger partial charge in [-0.15, -0.1) is 0 Å². The molecule has 1 fully saturated rings. The third-order valence-electron chi connectivity index (χ3n) is 3.10. The van der Waals surface area contributed by atoms with E-state index in [-0.39, 0.29) is 19.0 Å². The van der Waals surface area contributed by atoms with E-state index in [1.54, 1.807) is 12.1 Å². The fourth-order valence-corrected chi connectivity index (χ4v) is 1.91. The maximum absolute atomic E-state index is 11.8. The van der Waals surface area contributed by atoms with Gasteiger partial charge >= 0.3 is 6.03 Å². The summed E-state index contributed by atoms with van der Waals surface area (Å²) >= 11 is 0. The maximum atomic E-state index is 11.8. The predicted octanol–water partition coefficient (Wildman–Crippen LogP) is 1.30. The van der Waals surface area contributed by atoms with Gasteiger partial charge in [0, 0.05) is 5.69 Å². The van der Waals surface area contributed by atoms with Crippen molar-refractivity contribution in [1.29, 1.82) is 0 Å². The Balaban J connectivity index is 1.94. The summed E-state index contributed by atoms with van der Waals surface area (Å²) in [6.45, 7) is 3.86. The van der Waals surface area contributed by atoms with Gasteiger partial charge in [-0.1, -0.05) is 26.0 Å². The Morgan fingerprint density at radius 3 is 2.45 bits per heavy atom. The molecule has 0 bridgehead atoms. The minimum absolute atomic E-state index is 0.0464. The average molecular weight is 275 g/mol. The molecule has 0 radical (unpaired) electrons. The highest BCUT2D eigenvalue weighted by Crippen LogP contribution is 2.17. The van der Waals surface area contributed by atoms with E-state index in [9.17, 15) is 14.4 Å². The molecule has 6 heteroatoms. The van der Waals surface area contributed by atoms with Crippen molar-refractivity contribution >= 4 is 23.5 Å². The van der Waals surface area contributed by atoms with Crippen molar-refractivity contribution in [3.63, 3.8) is 0 Å². The molecule has 0 aromatic heterocycles. The predicted molar refractivity (Wildman–Crippen MR) is 74.3 cm³/mol. The molecule has 1 aromatic rings. The standard InChI is InChI=1S/C14H17N3O3/c1-9(2)10-3-5-11(6-4-10)16-12(18)8-17-13(19)7-15-14(17)20/h3-6,9H,7-8H2,1-2H3,(H,15,20)(H,16,18). The second kappa shape index (κ2) is 5.73. The highest BCUT2D eigenvalue weighted by molar-refractivity contribution is 6.06. The molecule has 1 heterocycles. The molecular weight excluding hydrogens is 258 g/mol. The third kappa shape index (κ3) is 3.14. The van der Waals surface area contributed by atoms with Gasteiger partial charge in [-0.05, 0) is 23.6 Å². The fourth-order valence-electron chi connectivity index (χ4n) is 1.91. The molecule has 2 N–H and O–H groups in total. The Kier molecular flexibility index (Phi) is 4.02. The smallest absolute Gasteiger partial charge is 0.325 e. The van der Waals surface area contributed by atoms with Gasteiger partial charge in [0.15, 0.2) is 0 Å². The normalized spacial score (nSPS) is 14.7. The van der Waals surface area contributed by atoms with Crippen LogP contribution in [0.25, 0.3) is 0 Å². The van der Waals surface area contributed by atoms with E-state index in [0.29, 0.717) is 11.6 Å². The number of imide groups is 1. The number of carbonyl (C=O) groups excluding carboxylic acids is 3. The van der Waals surface area contributed by atoms with Gasteiger partial charge in [0.25, 0.3) is 5.91 Å². The Morgan fingerprint density at radius 1 is 1.30 bits per heavy atom. The lowest BCUT2D eigenvalue weighted by atomic mass is 10.0. The topological polar surface area (TPSA) is 78.5 Å². The van der Waals surface area contributed by atoms with Crippen molar-refractivity contribution < 1.29 is 14.4 Å². The molecule has 6 nitrogen and oxygen atoms in total. The van der Waals surface area contributed by atoms with E-state index in [4.69, 9.17) is 0 Å². The van der Waals surface area contributed by atoms with Gasteiger partial charge < -0.3 is 10.6 Å². The highest BCUT2D eigenvalue weighted by Gasteiger charge is 2.30. The number of carbonyl (C=O) groups is 3. The summed E-state index contributed by atoms with van der Waals surface area (Å²) in [6, 6.07) is 6.96. The lowest BCUT2D eigenvalue weighted by molar-refractivity contribution is -0.128. The van der Waals surface area contributed by atoms with Crippen LogP contribution in [-0.4, -0.2) is 35.8 Å². The van der Waals surface area contributed by atoms with Gasteiger partial charge in [0.1, 0.15) is 6.54 Å². The zero-order valence-electron chi connectivity index (χ0n) is 11.5. The number of hydrogen-bond donors (Lipinski definition) is 2. The van der Waals surface area contributed by atoms with E-state index in [1.807, 2.05) is 12.1 Å². The van der Waals surface area contributed by atoms with Crippen LogP contribution in [0.3, 0.4) is 0 Å². The maximum Gasteiger partial charge on any atom is 0.325 e. The van der Waals surface area contributed by atoms with E-state index in [0.717, 1.165) is 4.90 Å². The number of hydrogen-bond acceptors (Lipinski definition) is 3. The zero-order chi connectivity index (χ0) is 14.7. The largest absolute Gasteiger partial charge is 0.329 e. The molecule has 1 aliphatic rings. The minimum atomic E-state index is -0.527. The van der Waals surface area contributed by atoms with E-state index in [2.05, 4.69) is 24.5 Å². The minimum Gasteiger partial charge on any atom is -0.329 e. The number of benzene rings is 1. The number of nitrogens with zero attached hydrogens (tertiary/aromatic N) is 1. The number of amides is 4. The number of nitrogens with one attached hydrogen (secondary N) is 2. The first kappa shape index (κ1) is 14.0. The molecular formula is C14H17N3O3. The molecule has 0 spiro atoms. The van der Waals surface area contributed by atoms with E-state index < -0.39 is 11.9 Å². The van der Waals surface area contributed by atoms with Crippen LogP contribution in [0.5, 0.6) is 0 Å². The van der Waals surface area contributed by atoms with Crippen LogP contribution in [0.4, 0.5) is 10.5 Å². The summed E-state index contributed by atoms with van der Waals surface area (Å²) < 4.78 is 0. The Bertz CT molecular complexity index is 521. The van der Waals surface area contributed by atoms with Gasteiger partial charge in [-0.2, -0.15) is 0 Å². The molecule has 0 aliphatic carbocycles. The van der Waals surface area contributed by atoms with Crippen LogP contribution in [0.15, 0.2) is 24.3 Å². The van der Waals surface area contributed by atoms with Crippen LogP contribution in [0.2, 0.25) is 0 Å². The molecule has 1 aliphatic heterocycles. The van der Waals surface area contributed by atoms with Gasteiger partial charge in [-0.25, -0.2) is 4.79 Å². The molecule has 106 valence electrons. The van der Waals surface area contributed by atoms with Crippen molar-refractivity contribution in [1.82, 2.24) is 10.2 Å². The van der Waals surface area contributed by atoms with Crippen molar-refractivity contribution in [2.45, 2.75) is 19.8 Å². The van der Waals surface area contributed by atoms with Crippen molar-refractivity contribution in [2.24, 2.45) is 0 Å². The molecule has 1 aromatic carbocycles. The molecule has 2 rings (SSSR count). The van der Waals surface area contributed by atoms with Gasteiger partial charge in [0.2, 0.25) is 5.91 Å². The quantitative estimate of drug-likeness (QED) is 0.813. The lowest BCUT2D eigenvalue weighted by Gasteiger charge is -2.12. The summed E-state index contributed by atoms with van der Waals surface area (Å²) in [5.41, 5.74) is 1.82. The molecule has 20 heavy (non-hydrogen) atoms. The Morgan fingerprint density at radius 2 is 1.95 bits per heavy atom. The number of urea groups is 1. The van der Waals surface area contributed by atoms with E-state index in [1.165, 1.54) is 5.56 Å².